The van der Waals surface area contributed by atoms with Crippen LogP contribution in [0.4, 0.5) is 5.69 Å². The van der Waals surface area contributed by atoms with Crippen LogP contribution in [-0.2, 0) is 35.1 Å². The topological polar surface area (TPSA) is 132 Å². The Morgan fingerprint density at radius 2 is 1.65 bits per heavy atom. The van der Waals surface area contributed by atoms with Gasteiger partial charge >= 0.3 is 7.82 Å². The summed E-state index contributed by atoms with van der Waals surface area (Å²) in [5, 5.41) is 21.2. The number of hydrogen-bond donors (Lipinski definition) is 0. The molecule has 10 nitrogen and oxygen atoms in total. The predicted octanol–water partition coefficient (Wildman–Crippen LogP) is 4.78. The predicted molar refractivity (Wildman–Crippen MR) is 134 cm³/mol. The van der Waals surface area contributed by atoms with Gasteiger partial charge in [-0.3, -0.25) is 28.5 Å². The first-order valence-corrected chi connectivity index (χ1v) is 12.7. The molecule has 0 aliphatic carbocycles. The second-order valence-corrected chi connectivity index (χ2v) is 10.1. The summed E-state index contributed by atoms with van der Waals surface area (Å²) in [6.07, 6.45) is 0. The lowest BCUT2D eigenvalue weighted by molar-refractivity contribution is -0.486. The number of carbonyl (C=O) groups excluding carboxylic acids is 1. The van der Waals surface area contributed by atoms with Crippen molar-refractivity contribution in [3.05, 3.63) is 111 Å². The van der Waals surface area contributed by atoms with Gasteiger partial charge in [0.25, 0.3) is 5.91 Å². The molecule has 11 heteroatoms. The Morgan fingerprint density at radius 3 is 2.24 bits per heavy atom. The molecule has 1 heterocycles. The summed E-state index contributed by atoms with van der Waals surface area (Å²) in [5.74, 6) is -1.90. The summed E-state index contributed by atoms with van der Waals surface area (Å²) in [7, 11) is -2.14. The number of benzene rings is 3. The maximum absolute atomic E-state index is 14.4. The van der Waals surface area contributed by atoms with Gasteiger partial charge in [-0.15, -0.1) is 0 Å². The Bertz CT molecular complexity index is 1380. The highest BCUT2D eigenvalue weighted by Gasteiger charge is 2.62. The number of para-hydroxylation sites is 1. The maximum Gasteiger partial charge on any atom is 0.475 e. The van der Waals surface area contributed by atoms with Crippen molar-refractivity contribution in [2.75, 3.05) is 25.7 Å². The standard InChI is InChI=1S/C26H24N3O7P/c1-34-37(33,35-2)36-26(23(18-29(31)32)21-14-12-19(16-27)13-15-21)22-10-6-7-11-24(22)28(25(26)30)17-20-8-4-3-5-9-20/h3-15,23H,17-18H2,1-2H3/t23-,26-/m1/s1. The minimum Gasteiger partial charge on any atom is -0.305 e. The van der Waals surface area contributed by atoms with Crippen molar-refractivity contribution in [2.24, 2.45) is 0 Å². The van der Waals surface area contributed by atoms with E-state index in [-0.39, 0.29) is 6.54 Å². The van der Waals surface area contributed by atoms with E-state index in [2.05, 4.69) is 0 Å². The smallest absolute Gasteiger partial charge is 0.305 e. The van der Waals surface area contributed by atoms with E-state index >= 15 is 0 Å². The molecular weight excluding hydrogens is 497 g/mol. The van der Waals surface area contributed by atoms with Gasteiger partial charge in [-0.1, -0.05) is 60.7 Å². The third-order valence-electron chi connectivity index (χ3n) is 6.31. The van der Waals surface area contributed by atoms with Gasteiger partial charge in [-0.2, -0.15) is 5.26 Å². The fourth-order valence-corrected chi connectivity index (χ4v) is 5.55. The summed E-state index contributed by atoms with van der Waals surface area (Å²) in [6, 6.07) is 24.0. The normalized spacial score (nSPS) is 17.8. The molecule has 0 fully saturated rings. The van der Waals surface area contributed by atoms with Crippen LogP contribution < -0.4 is 4.90 Å². The molecule has 4 rings (SSSR count). The monoisotopic (exact) mass is 521 g/mol. The quantitative estimate of drug-likeness (QED) is 0.212. The van der Waals surface area contributed by atoms with Crippen molar-refractivity contribution in [1.82, 2.24) is 0 Å². The molecule has 0 saturated carbocycles. The first kappa shape index (κ1) is 26.2. The van der Waals surface area contributed by atoms with Crippen LogP contribution in [0.2, 0.25) is 0 Å². The van der Waals surface area contributed by atoms with Crippen molar-refractivity contribution >= 4 is 19.4 Å². The molecule has 0 unspecified atom stereocenters. The Hall–Kier alpha value is -3.87. The van der Waals surface area contributed by atoms with Crippen LogP contribution in [0.25, 0.3) is 0 Å². The van der Waals surface area contributed by atoms with Gasteiger partial charge in [-0.05, 0) is 29.3 Å². The molecule has 2 atom stereocenters. The van der Waals surface area contributed by atoms with Crippen LogP contribution in [0.3, 0.4) is 0 Å². The first-order valence-electron chi connectivity index (χ1n) is 11.3. The number of rotatable bonds is 10. The van der Waals surface area contributed by atoms with Gasteiger partial charge < -0.3 is 4.90 Å². The van der Waals surface area contributed by atoms with Gasteiger partial charge in [0, 0.05) is 24.7 Å². The lowest BCUT2D eigenvalue weighted by atomic mass is 9.77. The van der Waals surface area contributed by atoms with Gasteiger partial charge in [0.1, 0.15) is 0 Å². The summed E-state index contributed by atoms with van der Waals surface area (Å²) in [4.78, 5) is 27.2. The van der Waals surface area contributed by atoms with Crippen molar-refractivity contribution < 1.29 is 27.9 Å². The van der Waals surface area contributed by atoms with E-state index in [1.54, 1.807) is 24.3 Å². The Balaban J connectivity index is 1.98. The minimum atomic E-state index is -4.35. The number of nitriles is 1. The van der Waals surface area contributed by atoms with Crippen molar-refractivity contribution in [1.29, 1.82) is 5.26 Å². The van der Waals surface area contributed by atoms with E-state index < -0.39 is 36.7 Å². The molecule has 190 valence electrons. The Labute approximate surface area is 213 Å². The molecule has 37 heavy (non-hydrogen) atoms. The van der Waals surface area contributed by atoms with Gasteiger partial charge in [0.05, 0.1) is 29.8 Å². The molecule has 0 bridgehead atoms. The minimum absolute atomic E-state index is 0.143. The average Bonchev–Trinajstić information content (AvgIpc) is 3.15. The van der Waals surface area contributed by atoms with Gasteiger partial charge in [-0.25, -0.2) is 4.57 Å². The summed E-state index contributed by atoms with van der Waals surface area (Å²) in [5.41, 5.74) is 0.112. The molecule has 1 amide bonds. The van der Waals surface area contributed by atoms with Crippen molar-refractivity contribution in [2.45, 2.75) is 18.1 Å². The van der Waals surface area contributed by atoms with Crippen LogP contribution >= 0.6 is 7.82 Å². The number of nitrogens with zero attached hydrogens (tertiary/aromatic N) is 3. The Kier molecular flexibility index (Phi) is 7.52. The number of anilines is 1. The molecule has 3 aromatic carbocycles. The lowest BCUT2D eigenvalue weighted by Crippen LogP contribution is -2.48. The van der Waals surface area contributed by atoms with E-state index in [4.69, 9.17) is 13.6 Å². The Morgan fingerprint density at radius 1 is 1.03 bits per heavy atom. The maximum atomic E-state index is 14.4. The van der Waals surface area contributed by atoms with Crippen molar-refractivity contribution in [3.63, 3.8) is 0 Å². The van der Waals surface area contributed by atoms with E-state index in [1.807, 2.05) is 36.4 Å². The zero-order valence-corrected chi connectivity index (χ0v) is 21.0. The van der Waals surface area contributed by atoms with Gasteiger partial charge in [0.2, 0.25) is 6.54 Å². The zero-order valence-electron chi connectivity index (χ0n) is 20.1. The molecule has 0 aromatic heterocycles. The molecule has 0 spiro atoms. The van der Waals surface area contributed by atoms with Crippen LogP contribution in [0.15, 0.2) is 78.9 Å². The number of phosphoric acid groups is 1. The SMILES string of the molecule is COP(=O)(OC)O[C@]1([C@H](C[N+](=O)[O-])c2ccc(C#N)cc2)C(=O)N(Cc2ccccc2)c2ccccc21. The second-order valence-electron chi connectivity index (χ2n) is 8.34. The summed E-state index contributed by atoms with van der Waals surface area (Å²) >= 11 is 0. The highest BCUT2D eigenvalue weighted by atomic mass is 31.2. The fourth-order valence-electron chi connectivity index (χ4n) is 4.59. The van der Waals surface area contributed by atoms with Crippen LogP contribution in [0, 0.1) is 21.4 Å². The fraction of sp³-hybridized carbons (Fsp3) is 0.231. The number of phosphoric ester groups is 1. The highest BCUT2D eigenvalue weighted by molar-refractivity contribution is 7.48. The van der Waals surface area contributed by atoms with E-state index in [9.17, 15) is 24.7 Å². The van der Waals surface area contributed by atoms with Crippen LogP contribution in [0.1, 0.15) is 28.2 Å². The summed E-state index contributed by atoms with van der Waals surface area (Å²) in [6.45, 7) is -0.594. The summed E-state index contributed by atoms with van der Waals surface area (Å²) < 4.78 is 29.5. The highest BCUT2D eigenvalue weighted by Crippen LogP contribution is 2.61. The molecule has 0 saturated heterocycles. The van der Waals surface area contributed by atoms with Gasteiger partial charge in [0.15, 0.2) is 5.60 Å². The largest absolute Gasteiger partial charge is 0.475 e. The van der Waals surface area contributed by atoms with Crippen LogP contribution in [-0.4, -0.2) is 31.6 Å². The third kappa shape index (κ3) is 4.90. The number of carbonyl (C=O) groups is 1. The van der Waals surface area contributed by atoms with E-state index in [0.717, 1.165) is 19.8 Å². The molecule has 0 N–H and O–H groups in total. The molecule has 1 aliphatic rings. The average molecular weight is 521 g/mol. The molecule has 3 aromatic rings. The van der Waals surface area contributed by atoms with E-state index in [0.29, 0.717) is 22.4 Å². The molecular formula is C26H24N3O7P. The van der Waals surface area contributed by atoms with Crippen molar-refractivity contribution in [3.8, 4) is 6.07 Å². The number of amides is 1. The molecule has 0 radical (unpaired) electrons. The first-order chi connectivity index (χ1) is 17.8. The van der Waals surface area contributed by atoms with E-state index in [1.165, 1.54) is 29.2 Å². The van der Waals surface area contributed by atoms with Crippen LogP contribution in [0.5, 0.6) is 0 Å². The lowest BCUT2D eigenvalue weighted by Gasteiger charge is -2.36. The second kappa shape index (κ2) is 10.6. The number of hydrogen-bond acceptors (Lipinski definition) is 8. The number of fused-ring (bicyclic) bond motifs is 1. The molecule has 1 aliphatic heterocycles. The number of nitro groups is 1. The third-order valence-corrected chi connectivity index (χ3v) is 7.71. The zero-order chi connectivity index (χ0) is 26.6.